The molecule has 0 saturated heterocycles. The number of rotatable bonds is 4. The number of hydrogen-bond acceptors (Lipinski definition) is 3. The number of pyridine rings is 1. The molecule has 1 heterocycles. The van der Waals surface area contributed by atoms with Gasteiger partial charge < -0.3 is 10.5 Å². The van der Waals surface area contributed by atoms with Crippen LogP contribution in [0.4, 0.5) is 0 Å². The van der Waals surface area contributed by atoms with E-state index in [1.54, 1.807) is 12.4 Å². The van der Waals surface area contributed by atoms with Crippen LogP contribution in [0.3, 0.4) is 0 Å². The van der Waals surface area contributed by atoms with Crippen molar-refractivity contribution in [3.05, 3.63) is 58.3 Å². The second-order valence-corrected chi connectivity index (χ2v) is 5.03. The van der Waals surface area contributed by atoms with Crippen molar-refractivity contribution in [2.45, 2.75) is 19.6 Å². The van der Waals surface area contributed by atoms with E-state index in [-0.39, 0.29) is 6.04 Å². The number of benzene rings is 1. The molecule has 1 aromatic heterocycles. The maximum Gasteiger partial charge on any atom is 0.125 e. The third-order valence-electron chi connectivity index (χ3n) is 2.61. The van der Waals surface area contributed by atoms with Gasteiger partial charge in [0.05, 0.1) is 0 Å². The summed E-state index contributed by atoms with van der Waals surface area (Å²) in [5.74, 6) is 0.816. The molecular weight excluding hydrogens is 292 g/mol. The molecule has 18 heavy (non-hydrogen) atoms. The number of ether oxygens (including phenoxy) is 1. The zero-order valence-corrected chi connectivity index (χ0v) is 11.7. The minimum absolute atomic E-state index is 0.0504. The fraction of sp³-hybridized carbons (Fsp3) is 0.214. The van der Waals surface area contributed by atoms with Gasteiger partial charge in [-0.25, -0.2) is 0 Å². The highest BCUT2D eigenvalue weighted by Crippen LogP contribution is 2.28. The molecule has 2 rings (SSSR count). The molecule has 2 aromatic rings. The molecule has 0 radical (unpaired) electrons. The summed E-state index contributed by atoms with van der Waals surface area (Å²) >= 11 is 3.44. The summed E-state index contributed by atoms with van der Waals surface area (Å²) in [5.41, 5.74) is 8.02. The quantitative estimate of drug-likeness (QED) is 0.941. The summed E-state index contributed by atoms with van der Waals surface area (Å²) in [6.07, 6.45) is 3.51. The van der Waals surface area contributed by atoms with E-state index < -0.39 is 0 Å². The van der Waals surface area contributed by atoms with Gasteiger partial charge in [-0.3, -0.25) is 4.98 Å². The molecule has 1 atom stereocenters. The van der Waals surface area contributed by atoms with Gasteiger partial charge in [0.15, 0.2) is 0 Å². The van der Waals surface area contributed by atoms with E-state index in [1.165, 1.54) is 0 Å². The van der Waals surface area contributed by atoms with Crippen LogP contribution in [-0.2, 0) is 6.61 Å². The summed E-state index contributed by atoms with van der Waals surface area (Å²) in [6, 6.07) is 9.72. The van der Waals surface area contributed by atoms with Crippen LogP contribution in [0.25, 0.3) is 0 Å². The smallest absolute Gasteiger partial charge is 0.125 e. The van der Waals surface area contributed by atoms with Crippen molar-refractivity contribution in [3.8, 4) is 5.75 Å². The number of aromatic nitrogens is 1. The number of halogens is 1. The molecule has 0 fully saturated rings. The third-order valence-corrected chi connectivity index (χ3v) is 3.10. The summed E-state index contributed by atoms with van der Waals surface area (Å²) in [6.45, 7) is 2.46. The van der Waals surface area contributed by atoms with Crippen LogP contribution in [0.2, 0.25) is 0 Å². The number of nitrogens with two attached hydrogens (primary N) is 1. The lowest BCUT2D eigenvalue weighted by molar-refractivity contribution is 0.301. The standard InChI is InChI=1S/C14H15BrN2O/c1-10(16)13-3-2-12(15)8-14(13)18-9-11-4-6-17-7-5-11/h2-8,10H,9,16H2,1H3/t10-/m0/s1. The molecule has 3 nitrogen and oxygen atoms in total. The highest BCUT2D eigenvalue weighted by molar-refractivity contribution is 9.10. The van der Waals surface area contributed by atoms with Gasteiger partial charge >= 0.3 is 0 Å². The van der Waals surface area contributed by atoms with Crippen LogP contribution in [0.15, 0.2) is 47.2 Å². The van der Waals surface area contributed by atoms with E-state index in [0.717, 1.165) is 21.3 Å². The Morgan fingerprint density at radius 2 is 2.00 bits per heavy atom. The van der Waals surface area contributed by atoms with Gasteiger partial charge in [-0.1, -0.05) is 22.0 Å². The Morgan fingerprint density at radius 1 is 1.28 bits per heavy atom. The Morgan fingerprint density at radius 3 is 2.67 bits per heavy atom. The SMILES string of the molecule is C[C@H](N)c1ccc(Br)cc1OCc1ccncc1. The molecule has 0 amide bonds. The normalized spacial score (nSPS) is 12.2. The van der Waals surface area contributed by atoms with E-state index in [4.69, 9.17) is 10.5 Å². The average Bonchev–Trinajstić information content (AvgIpc) is 2.37. The maximum atomic E-state index is 5.93. The molecule has 4 heteroatoms. The zero-order chi connectivity index (χ0) is 13.0. The molecule has 0 unspecified atom stereocenters. The van der Waals surface area contributed by atoms with E-state index in [9.17, 15) is 0 Å². The fourth-order valence-electron chi connectivity index (χ4n) is 1.65. The molecule has 0 bridgehead atoms. The monoisotopic (exact) mass is 306 g/mol. The lowest BCUT2D eigenvalue weighted by Gasteiger charge is -2.14. The van der Waals surface area contributed by atoms with Crippen LogP contribution in [0.1, 0.15) is 24.1 Å². The highest BCUT2D eigenvalue weighted by Gasteiger charge is 2.08. The molecule has 0 aliphatic rings. The molecule has 0 aliphatic heterocycles. The van der Waals surface area contributed by atoms with Crippen LogP contribution in [0.5, 0.6) is 5.75 Å². The van der Waals surface area contributed by atoms with Crippen molar-refractivity contribution in [3.63, 3.8) is 0 Å². The van der Waals surface area contributed by atoms with Crippen molar-refractivity contribution in [1.29, 1.82) is 0 Å². The lowest BCUT2D eigenvalue weighted by atomic mass is 10.1. The molecule has 2 N–H and O–H groups in total. The highest BCUT2D eigenvalue weighted by atomic mass is 79.9. The van der Waals surface area contributed by atoms with Gasteiger partial charge in [-0.15, -0.1) is 0 Å². The largest absolute Gasteiger partial charge is 0.489 e. The van der Waals surface area contributed by atoms with Crippen molar-refractivity contribution < 1.29 is 4.74 Å². The molecule has 0 spiro atoms. The van der Waals surface area contributed by atoms with Crippen LogP contribution >= 0.6 is 15.9 Å². The summed E-state index contributed by atoms with van der Waals surface area (Å²) in [4.78, 5) is 3.98. The molecular formula is C14H15BrN2O. The topological polar surface area (TPSA) is 48.1 Å². The summed E-state index contributed by atoms with van der Waals surface area (Å²) < 4.78 is 6.81. The van der Waals surface area contributed by atoms with E-state index >= 15 is 0 Å². The molecule has 0 aliphatic carbocycles. The second-order valence-electron chi connectivity index (χ2n) is 4.11. The number of hydrogen-bond donors (Lipinski definition) is 1. The second kappa shape index (κ2) is 5.98. The predicted octanol–water partition coefficient (Wildman–Crippen LogP) is 3.44. The molecule has 0 saturated carbocycles. The van der Waals surface area contributed by atoms with Gasteiger partial charge in [0.25, 0.3) is 0 Å². The van der Waals surface area contributed by atoms with Crippen molar-refractivity contribution in [1.82, 2.24) is 4.98 Å². The van der Waals surface area contributed by atoms with Crippen LogP contribution < -0.4 is 10.5 Å². The van der Waals surface area contributed by atoms with Crippen LogP contribution in [0, 0.1) is 0 Å². The lowest BCUT2D eigenvalue weighted by Crippen LogP contribution is -2.08. The molecule has 1 aromatic carbocycles. The average molecular weight is 307 g/mol. The van der Waals surface area contributed by atoms with E-state index in [0.29, 0.717) is 6.61 Å². The Balaban J connectivity index is 2.15. The Hall–Kier alpha value is -1.39. The predicted molar refractivity (Wildman–Crippen MR) is 75.3 cm³/mol. The van der Waals surface area contributed by atoms with Crippen molar-refractivity contribution >= 4 is 15.9 Å². The first-order valence-electron chi connectivity index (χ1n) is 5.73. The Labute approximate surface area is 115 Å². The first-order valence-corrected chi connectivity index (χ1v) is 6.53. The maximum absolute atomic E-state index is 5.93. The van der Waals surface area contributed by atoms with Gasteiger partial charge in [-0.05, 0) is 36.8 Å². The Kier molecular flexibility index (Phi) is 4.33. The molecule has 94 valence electrons. The van der Waals surface area contributed by atoms with Gasteiger partial charge in [0, 0.05) is 28.5 Å². The minimum Gasteiger partial charge on any atom is -0.489 e. The van der Waals surface area contributed by atoms with E-state index in [1.807, 2.05) is 37.3 Å². The van der Waals surface area contributed by atoms with Crippen molar-refractivity contribution in [2.75, 3.05) is 0 Å². The first kappa shape index (κ1) is 13.1. The third kappa shape index (κ3) is 3.31. The zero-order valence-electron chi connectivity index (χ0n) is 10.1. The first-order chi connectivity index (χ1) is 8.66. The summed E-state index contributed by atoms with van der Waals surface area (Å²) in [5, 5.41) is 0. The fourth-order valence-corrected chi connectivity index (χ4v) is 1.99. The number of nitrogens with zero attached hydrogens (tertiary/aromatic N) is 1. The van der Waals surface area contributed by atoms with Gasteiger partial charge in [0.1, 0.15) is 12.4 Å². The van der Waals surface area contributed by atoms with E-state index in [2.05, 4.69) is 20.9 Å². The Bertz CT molecular complexity index is 514. The summed E-state index contributed by atoms with van der Waals surface area (Å²) in [7, 11) is 0. The van der Waals surface area contributed by atoms with Crippen molar-refractivity contribution in [2.24, 2.45) is 5.73 Å². The van der Waals surface area contributed by atoms with Gasteiger partial charge in [0.2, 0.25) is 0 Å². The van der Waals surface area contributed by atoms with Gasteiger partial charge in [-0.2, -0.15) is 0 Å². The van der Waals surface area contributed by atoms with Crippen LogP contribution in [-0.4, -0.2) is 4.98 Å². The minimum atomic E-state index is -0.0504.